The molecule has 0 aromatic carbocycles. The number of nitrogens with zero attached hydrogens (tertiary/aromatic N) is 5. The quantitative estimate of drug-likeness (QED) is 0.285. The molecule has 2 N–H and O–H groups in total. The average molecular weight is 518 g/mol. The first-order valence-electron chi connectivity index (χ1n) is 9.46. The summed E-state index contributed by atoms with van der Waals surface area (Å²) in [6.07, 6.45) is 8.92. The highest BCUT2D eigenvalue weighted by molar-refractivity contribution is 14.0. The van der Waals surface area contributed by atoms with Crippen LogP contribution < -0.4 is 10.6 Å². The number of guanidine groups is 1. The number of thiazole rings is 2. The molecule has 0 amide bonds. The number of piperazine rings is 1. The predicted octanol–water partition coefficient (Wildman–Crippen LogP) is 3.17. The third-order valence-corrected chi connectivity index (χ3v) is 7.06. The normalized spacial score (nSPS) is 17.6. The molecule has 0 spiro atoms. The summed E-state index contributed by atoms with van der Waals surface area (Å²) in [4.78, 5) is 19.8. The van der Waals surface area contributed by atoms with Crippen LogP contribution in [0.25, 0.3) is 0 Å². The molecule has 1 aliphatic carbocycles. The monoisotopic (exact) mass is 518 g/mol. The van der Waals surface area contributed by atoms with Gasteiger partial charge >= 0.3 is 0 Å². The standard InChI is InChI=1S/C18H26N6S2.HI/c19-17(23-9-11-24(12-10-23)18-21-8-13-25-18)20-7-3-6-16-22-14-4-1-2-5-15(14)26-16;/h8,13H,1-7,9-12H2,(H2,19,20);1H. The Bertz CT molecular complexity index is 714. The van der Waals surface area contributed by atoms with Crippen LogP contribution >= 0.6 is 46.7 Å². The fourth-order valence-electron chi connectivity index (χ4n) is 3.54. The number of hydrogen-bond acceptors (Lipinski definition) is 6. The maximum absolute atomic E-state index is 6.20. The number of anilines is 1. The summed E-state index contributed by atoms with van der Waals surface area (Å²) in [5, 5.41) is 4.41. The Morgan fingerprint density at radius 1 is 1.19 bits per heavy atom. The molecule has 1 aliphatic heterocycles. The van der Waals surface area contributed by atoms with Crippen molar-refractivity contribution >= 4 is 57.7 Å². The Labute approximate surface area is 185 Å². The summed E-state index contributed by atoms with van der Waals surface area (Å²) in [5.74, 6) is 0.683. The van der Waals surface area contributed by atoms with Crippen LogP contribution in [0.3, 0.4) is 0 Å². The molecule has 0 bridgehead atoms. The third-order valence-electron chi connectivity index (χ3n) is 5.01. The van der Waals surface area contributed by atoms with Crippen LogP contribution in [0, 0.1) is 0 Å². The highest BCUT2D eigenvalue weighted by atomic mass is 127. The Morgan fingerprint density at radius 3 is 2.74 bits per heavy atom. The SMILES string of the molecule is I.NC(=NCCCc1nc2c(s1)CCCC2)N1CCN(c2nccs2)CC1. The van der Waals surface area contributed by atoms with E-state index >= 15 is 0 Å². The fourth-order valence-corrected chi connectivity index (χ4v) is 5.43. The van der Waals surface area contributed by atoms with Gasteiger partial charge in [0.2, 0.25) is 0 Å². The minimum absolute atomic E-state index is 0. The van der Waals surface area contributed by atoms with Crippen LogP contribution in [0.4, 0.5) is 5.13 Å². The number of aryl methyl sites for hydroxylation is 3. The number of aromatic nitrogens is 2. The Hall–Kier alpha value is -0.940. The van der Waals surface area contributed by atoms with Gasteiger partial charge in [0.05, 0.1) is 10.7 Å². The summed E-state index contributed by atoms with van der Waals surface area (Å²) in [6.45, 7) is 4.51. The number of aliphatic imine (C=N–C) groups is 1. The lowest BCUT2D eigenvalue weighted by molar-refractivity contribution is 0.380. The van der Waals surface area contributed by atoms with Gasteiger partial charge in [0.1, 0.15) is 0 Å². The lowest BCUT2D eigenvalue weighted by atomic mass is 10.0. The maximum atomic E-state index is 6.20. The molecule has 0 unspecified atom stereocenters. The molecule has 6 nitrogen and oxygen atoms in total. The molecule has 4 rings (SSSR count). The summed E-state index contributed by atoms with van der Waals surface area (Å²) in [5.41, 5.74) is 7.56. The van der Waals surface area contributed by atoms with Crippen molar-refractivity contribution in [2.45, 2.75) is 38.5 Å². The number of rotatable bonds is 5. The highest BCUT2D eigenvalue weighted by Crippen LogP contribution is 2.27. The van der Waals surface area contributed by atoms with Crippen LogP contribution in [0.15, 0.2) is 16.6 Å². The summed E-state index contributed by atoms with van der Waals surface area (Å²) >= 11 is 3.60. The topological polar surface area (TPSA) is 70.6 Å². The maximum Gasteiger partial charge on any atom is 0.191 e. The Kier molecular flexibility index (Phi) is 7.71. The summed E-state index contributed by atoms with van der Waals surface area (Å²) in [7, 11) is 0. The van der Waals surface area contributed by atoms with Crippen LogP contribution in [0.5, 0.6) is 0 Å². The number of fused-ring (bicyclic) bond motifs is 1. The van der Waals surface area contributed by atoms with Crippen LogP contribution in [0.2, 0.25) is 0 Å². The molecule has 148 valence electrons. The van der Waals surface area contributed by atoms with E-state index in [0.717, 1.165) is 50.7 Å². The van der Waals surface area contributed by atoms with Gasteiger partial charge in [-0.3, -0.25) is 4.99 Å². The van der Waals surface area contributed by atoms with Crippen molar-refractivity contribution in [2.75, 3.05) is 37.6 Å². The van der Waals surface area contributed by atoms with E-state index < -0.39 is 0 Å². The Balaban J connectivity index is 0.00000210. The van der Waals surface area contributed by atoms with Gasteiger partial charge in [-0.25, -0.2) is 9.97 Å². The van der Waals surface area contributed by atoms with E-state index in [1.165, 1.54) is 41.3 Å². The smallest absolute Gasteiger partial charge is 0.191 e. The second-order valence-corrected chi connectivity index (χ2v) is 8.86. The number of nitrogens with two attached hydrogens (primary N) is 1. The molecule has 2 aliphatic rings. The van der Waals surface area contributed by atoms with E-state index in [1.807, 2.05) is 22.9 Å². The van der Waals surface area contributed by atoms with Gasteiger partial charge in [-0.15, -0.1) is 46.7 Å². The van der Waals surface area contributed by atoms with Gasteiger partial charge in [0.15, 0.2) is 11.1 Å². The minimum Gasteiger partial charge on any atom is -0.370 e. The zero-order valence-corrected chi connectivity index (χ0v) is 19.4. The highest BCUT2D eigenvalue weighted by Gasteiger charge is 2.19. The van der Waals surface area contributed by atoms with Gasteiger partial charge in [-0.05, 0) is 32.1 Å². The van der Waals surface area contributed by atoms with E-state index in [0.29, 0.717) is 5.96 Å². The molecule has 1 fully saturated rings. The van der Waals surface area contributed by atoms with Gasteiger partial charge in [-0.1, -0.05) is 0 Å². The van der Waals surface area contributed by atoms with E-state index in [9.17, 15) is 0 Å². The van der Waals surface area contributed by atoms with Crippen molar-refractivity contribution in [3.63, 3.8) is 0 Å². The molecule has 2 aromatic rings. The molecule has 0 radical (unpaired) electrons. The summed E-state index contributed by atoms with van der Waals surface area (Å²) < 4.78 is 0. The van der Waals surface area contributed by atoms with E-state index in [-0.39, 0.29) is 24.0 Å². The number of halogens is 1. The van der Waals surface area contributed by atoms with Crippen molar-refractivity contribution in [2.24, 2.45) is 10.7 Å². The molecule has 0 saturated carbocycles. The molecular formula is C18H27IN6S2. The Morgan fingerprint density at radius 2 is 2.00 bits per heavy atom. The van der Waals surface area contributed by atoms with Crippen molar-refractivity contribution in [3.8, 4) is 0 Å². The molecule has 0 atom stereocenters. The van der Waals surface area contributed by atoms with E-state index in [4.69, 9.17) is 10.7 Å². The van der Waals surface area contributed by atoms with Crippen molar-refractivity contribution in [3.05, 3.63) is 27.2 Å². The first-order valence-corrected chi connectivity index (χ1v) is 11.2. The van der Waals surface area contributed by atoms with E-state index in [2.05, 4.69) is 19.8 Å². The molecule has 1 saturated heterocycles. The second kappa shape index (κ2) is 10.0. The third kappa shape index (κ3) is 5.32. The van der Waals surface area contributed by atoms with Gasteiger partial charge in [0, 0.05) is 55.6 Å². The zero-order chi connectivity index (χ0) is 17.8. The fraction of sp³-hybridized carbons (Fsp3) is 0.611. The van der Waals surface area contributed by atoms with Crippen molar-refractivity contribution in [1.82, 2.24) is 14.9 Å². The van der Waals surface area contributed by atoms with Gasteiger partial charge in [-0.2, -0.15) is 0 Å². The molecule has 2 aromatic heterocycles. The van der Waals surface area contributed by atoms with Crippen LogP contribution in [0.1, 0.15) is 34.8 Å². The lowest BCUT2D eigenvalue weighted by Crippen LogP contribution is -2.51. The van der Waals surface area contributed by atoms with Gasteiger partial charge < -0.3 is 15.5 Å². The zero-order valence-electron chi connectivity index (χ0n) is 15.5. The van der Waals surface area contributed by atoms with Crippen LogP contribution in [-0.2, 0) is 19.3 Å². The number of hydrogen-bond donors (Lipinski definition) is 1. The average Bonchev–Trinajstić information content (AvgIpc) is 3.34. The van der Waals surface area contributed by atoms with E-state index in [1.54, 1.807) is 11.3 Å². The minimum atomic E-state index is 0. The molecule has 27 heavy (non-hydrogen) atoms. The molecule has 9 heteroatoms. The van der Waals surface area contributed by atoms with Crippen LogP contribution in [-0.4, -0.2) is 53.6 Å². The first kappa shape index (κ1) is 20.8. The molecular weight excluding hydrogens is 491 g/mol. The second-order valence-electron chi connectivity index (χ2n) is 6.82. The largest absolute Gasteiger partial charge is 0.370 e. The van der Waals surface area contributed by atoms with Crippen molar-refractivity contribution < 1.29 is 0 Å². The van der Waals surface area contributed by atoms with Crippen molar-refractivity contribution in [1.29, 1.82) is 0 Å². The lowest BCUT2D eigenvalue weighted by Gasteiger charge is -2.35. The first-order chi connectivity index (χ1) is 12.8. The summed E-state index contributed by atoms with van der Waals surface area (Å²) in [6, 6.07) is 0. The molecule has 3 heterocycles. The predicted molar refractivity (Wildman–Crippen MR) is 125 cm³/mol. The van der Waals surface area contributed by atoms with Gasteiger partial charge in [0.25, 0.3) is 0 Å².